The molecule has 2 N–H and O–H groups in total. The lowest BCUT2D eigenvalue weighted by Gasteiger charge is -2.41. The summed E-state index contributed by atoms with van der Waals surface area (Å²) < 4.78 is 2.02. The van der Waals surface area contributed by atoms with E-state index in [1.54, 1.807) is 6.33 Å². The van der Waals surface area contributed by atoms with Gasteiger partial charge < -0.3 is 19.9 Å². The van der Waals surface area contributed by atoms with E-state index in [0.29, 0.717) is 31.5 Å². The van der Waals surface area contributed by atoms with E-state index >= 15 is 0 Å². The molecule has 1 saturated heterocycles. The molecule has 2 fully saturated rings. The summed E-state index contributed by atoms with van der Waals surface area (Å²) >= 11 is 0. The average molecular weight is 498 g/mol. The zero-order valence-corrected chi connectivity index (χ0v) is 21.2. The fraction of sp³-hybridized carbons (Fsp3) is 0.433. The molecule has 0 bridgehead atoms. The smallest absolute Gasteiger partial charge is 0.275 e. The van der Waals surface area contributed by atoms with Gasteiger partial charge in [-0.3, -0.25) is 4.79 Å². The van der Waals surface area contributed by atoms with Crippen LogP contribution in [0, 0.1) is 11.3 Å². The van der Waals surface area contributed by atoms with Crippen LogP contribution in [0.3, 0.4) is 0 Å². The highest BCUT2D eigenvalue weighted by Gasteiger charge is 2.42. The number of nitriles is 1. The van der Waals surface area contributed by atoms with Crippen molar-refractivity contribution in [2.75, 3.05) is 19.6 Å². The minimum Gasteiger partial charge on any atom is -0.388 e. The largest absolute Gasteiger partial charge is 0.388 e. The van der Waals surface area contributed by atoms with Gasteiger partial charge in [-0.2, -0.15) is 5.26 Å². The monoisotopic (exact) mass is 497 g/mol. The highest BCUT2D eigenvalue weighted by atomic mass is 16.3. The van der Waals surface area contributed by atoms with Crippen LogP contribution in [-0.4, -0.2) is 56.7 Å². The van der Waals surface area contributed by atoms with E-state index < -0.39 is 5.60 Å². The molecule has 0 radical (unpaired) electrons. The van der Waals surface area contributed by atoms with Crippen molar-refractivity contribution in [1.29, 1.82) is 5.26 Å². The number of piperazine rings is 1. The van der Waals surface area contributed by atoms with Crippen molar-refractivity contribution in [3.8, 4) is 17.3 Å². The minimum absolute atomic E-state index is 0.0275. The molecule has 0 spiro atoms. The lowest BCUT2D eigenvalue weighted by molar-refractivity contribution is -0.0466. The summed E-state index contributed by atoms with van der Waals surface area (Å²) in [4.78, 5) is 20.8. The third kappa shape index (κ3) is 5.31. The van der Waals surface area contributed by atoms with E-state index in [4.69, 9.17) is 4.98 Å². The summed E-state index contributed by atoms with van der Waals surface area (Å²) in [5, 5.41) is 24.3. The van der Waals surface area contributed by atoms with Crippen LogP contribution in [0.15, 0.2) is 67.0 Å². The SMILES string of the molecule is N#CCCC1(O)CCCCC1n1cnc(C(=O)N2CCNC[C@H]2Cc2ccccc2)c1-c1ccccc1. The number of nitrogens with zero attached hydrogens (tertiary/aromatic N) is 4. The molecule has 1 amide bonds. The van der Waals surface area contributed by atoms with E-state index in [1.165, 1.54) is 5.56 Å². The molecule has 1 aliphatic carbocycles. The lowest BCUT2D eigenvalue weighted by atomic mass is 9.77. The van der Waals surface area contributed by atoms with Crippen LogP contribution in [0.2, 0.25) is 0 Å². The van der Waals surface area contributed by atoms with E-state index in [2.05, 4.69) is 23.5 Å². The van der Waals surface area contributed by atoms with E-state index in [0.717, 1.165) is 50.0 Å². The van der Waals surface area contributed by atoms with Gasteiger partial charge in [0.2, 0.25) is 0 Å². The molecule has 1 saturated carbocycles. The van der Waals surface area contributed by atoms with Crippen LogP contribution in [0.25, 0.3) is 11.3 Å². The molecular formula is C30H35N5O2. The van der Waals surface area contributed by atoms with Gasteiger partial charge in [0.05, 0.1) is 29.7 Å². The van der Waals surface area contributed by atoms with E-state index in [1.807, 2.05) is 58.0 Å². The van der Waals surface area contributed by atoms with Crippen molar-refractivity contribution >= 4 is 5.91 Å². The number of carbonyl (C=O) groups is 1. The molecule has 2 unspecified atom stereocenters. The van der Waals surface area contributed by atoms with Gasteiger partial charge in [-0.15, -0.1) is 0 Å². The molecule has 2 heterocycles. The zero-order valence-electron chi connectivity index (χ0n) is 21.2. The molecule has 37 heavy (non-hydrogen) atoms. The minimum atomic E-state index is -0.997. The van der Waals surface area contributed by atoms with Gasteiger partial charge in [0, 0.05) is 37.7 Å². The van der Waals surface area contributed by atoms with Gasteiger partial charge in [-0.1, -0.05) is 73.5 Å². The zero-order chi connectivity index (χ0) is 25.7. The summed E-state index contributed by atoms with van der Waals surface area (Å²) in [6.45, 7) is 2.10. The number of imidazole rings is 1. The second-order valence-corrected chi connectivity index (χ2v) is 10.3. The number of carbonyl (C=O) groups excluding carboxylic acids is 1. The van der Waals surface area contributed by atoms with Crippen molar-refractivity contribution < 1.29 is 9.90 Å². The predicted octanol–water partition coefficient (Wildman–Crippen LogP) is 4.36. The van der Waals surface area contributed by atoms with E-state index in [-0.39, 0.29) is 18.0 Å². The molecule has 7 nitrogen and oxygen atoms in total. The van der Waals surface area contributed by atoms with Crippen LogP contribution in [0.1, 0.15) is 60.6 Å². The Labute approximate surface area is 218 Å². The summed E-state index contributed by atoms with van der Waals surface area (Å²) in [6, 6.07) is 22.2. The Morgan fingerprint density at radius 2 is 1.89 bits per heavy atom. The van der Waals surface area contributed by atoms with Gasteiger partial charge in [-0.05, 0) is 31.2 Å². The van der Waals surface area contributed by atoms with Crippen LogP contribution in [0.4, 0.5) is 0 Å². The predicted molar refractivity (Wildman–Crippen MR) is 143 cm³/mol. The Morgan fingerprint density at radius 3 is 2.65 bits per heavy atom. The molecular weight excluding hydrogens is 462 g/mol. The molecule has 192 valence electrons. The fourth-order valence-electron chi connectivity index (χ4n) is 6.03. The number of amides is 1. The average Bonchev–Trinajstić information content (AvgIpc) is 3.38. The highest BCUT2D eigenvalue weighted by Crippen LogP contribution is 2.43. The number of rotatable bonds is 7. The quantitative estimate of drug-likeness (QED) is 0.506. The molecule has 5 rings (SSSR count). The maximum Gasteiger partial charge on any atom is 0.275 e. The van der Waals surface area contributed by atoms with Crippen LogP contribution in [0.5, 0.6) is 0 Å². The number of benzene rings is 2. The third-order valence-corrected chi connectivity index (χ3v) is 7.93. The van der Waals surface area contributed by atoms with Gasteiger partial charge in [-0.25, -0.2) is 4.98 Å². The Kier molecular flexibility index (Phi) is 7.68. The van der Waals surface area contributed by atoms with Gasteiger partial charge in [0.25, 0.3) is 5.91 Å². The summed E-state index contributed by atoms with van der Waals surface area (Å²) in [6.07, 6.45) is 6.58. The first-order chi connectivity index (χ1) is 18.1. The second-order valence-electron chi connectivity index (χ2n) is 10.3. The molecule has 1 aromatic heterocycles. The summed E-state index contributed by atoms with van der Waals surface area (Å²) in [5.74, 6) is -0.0728. The van der Waals surface area contributed by atoms with Crippen molar-refractivity contribution in [2.45, 2.75) is 62.6 Å². The number of aliphatic hydroxyl groups is 1. The Balaban J connectivity index is 1.53. The van der Waals surface area contributed by atoms with Crippen LogP contribution >= 0.6 is 0 Å². The topological polar surface area (TPSA) is 94.2 Å². The molecule has 3 atom stereocenters. The number of hydrogen-bond donors (Lipinski definition) is 2. The maximum atomic E-state index is 14.1. The first-order valence-electron chi connectivity index (χ1n) is 13.4. The highest BCUT2D eigenvalue weighted by molar-refractivity contribution is 5.98. The first-order valence-corrected chi connectivity index (χ1v) is 13.4. The molecule has 1 aliphatic heterocycles. The standard InChI is InChI=1S/C30H35N5O2/c31-17-9-16-30(37)15-8-7-14-26(30)35-22-33-27(28(35)24-12-5-2-6-13-24)29(36)34-19-18-32-21-25(34)20-23-10-3-1-4-11-23/h1-6,10-13,22,25-26,32,37H,7-9,14-16,18-21H2/t25-,26?,30?/m1/s1. The molecule has 2 aliphatic rings. The summed E-state index contributed by atoms with van der Waals surface area (Å²) in [7, 11) is 0. The Hall–Kier alpha value is -3.47. The fourth-order valence-corrected chi connectivity index (χ4v) is 6.03. The van der Waals surface area contributed by atoms with Crippen LogP contribution < -0.4 is 5.32 Å². The van der Waals surface area contributed by atoms with Gasteiger partial charge in [0.1, 0.15) is 0 Å². The molecule has 3 aromatic rings. The van der Waals surface area contributed by atoms with Gasteiger partial charge >= 0.3 is 0 Å². The molecule has 7 heteroatoms. The van der Waals surface area contributed by atoms with Crippen LogP contribution in [-0.2, 0) is 6.42 Å². The lowest BCUT2D eigenvalue weighted by Crippen LogP contribution is -2.54. The second kappa shape index (κ2) is 11.3. The van der Waals surface area contributed by atoms with Crippen molar-refractivity contribution in [3.05, 3.63) is 78.2 Å². The van der Waals surface area contributed by atoms with E-state index in [9.17, 15) is 15.2 Å². The van der Waals surface area contributed by atoms with Crippen molar-refractivity contribution in [1.82, 2.24) is 19.8 Å². The first kappa shape index (κ1) is 25.2. The summed E-state index contributed by atoms with van der Waals surface area (Å²) in [5.41, 5.74) is 2.30. The molecule has 2 aromatic carbocycles. The number of nitrogens with one attached hydrogen (secondary N) is 1. The third-order valence-electron chi connectivity index (χ3n) is 7.93. The van der Waals surface area contributed by atoms with Crippen molar-refractivity contribution in [3.63, 3.8) is 0 Å². The van der Waals surface area contributed by atoms with Gasteiger partial charge in [0.15, 0.2) is 5.69 Å². The van der Waals surface area contributed by atoms with Crippen molar-refractivity contribution in [2.24, 2.45) is 0 Å². The Bertz CT molecular complexity index is 1240. The number of hydrogen-bond acceptors (Lipinski definition) is 5. The number of aromatic nitrogens is 2. The normalized spacial score (nSPS) is 23.9. The maximum absolute atomic E-state index is 14.1. The Morgan fingerprint density at radius 1 is 1.14 bits per heavy atom.